The van der Waals surface area contributed by atoms with E-state index in [0.717, 1.165) is 173 Å². The molecule has 0 saturated carbocycles. The van der Waals surface area contributed by atoms with Crippen molar-refractivity contribution in [3.8, 4) is 0 Å². The maximum Gasteiger partial charge on any atom is 0.363 e. The van der Waals surface area contributed by atoms with Crippen LogP contribution in [0.3, 0.4) is 0 Å². The van der Waals surface area contributed by atoms with Crippen LogP contribution in [0.15, 0.2) is 0 Å². The SMILES string of the molecule is CCCCCCCCCCCCCC(=O)O[C@H](CCCCCCCCCCC)CC(=O)NCCO[C@H]1O[C@H](CO)[C@](O)(P(=O)(O)O)[C@H](OC(=O)C[C@@H](CCCCCCCCCCC)OC(=O)CCCCCCCCCCCCC)[C@@H]1NC(=O)C[C@@H](CCCCCCCCCCC)OC(=O)CCCCCCCCCCCCC. The Morgan fingerprint density at radius 2 is 0.625 bits per heavy atom. The van der Waals surface area contributed by atoms with Crippen LogP contribution in [0.1, 0.15) is 485 Å². The van der Waals surface area contributed by atoms with Crippen molar-refractivity contribution >= 4 is 43.3 Å². The second kappa shape index (κ2) is 75.3. The summed E-state index contributed by atoms with van der Waals surface area (Å²) in [5.41, 5.74) is 0. The summed E-state index contributed by atoms with van der Waals surface area (Å²) in [6.07, 6.45) is 57.0. The number of rotatable bonds is 83. The van der Waals surface area contributed by atoms with Crippen molar-refractivity contribution in [2.75, 3.05) is 19.8 Å². The minimum absolute atomic E-state index is 0.113. The molecule has 660 valence electrons. The Balaban J connectivity index is 3.70. The van der Waals surface area contributed by atoms with Crippen LogP contribution in [-0.2, 0) is 61.8 Å². The van der Waals surface area contributed by atoms with Crippen molar-refractivity contribution in [2.45, 2.75) is 533 Å². The van der Waals surface area contributed by atoms with Crippen molar-refractivity contribution in [3.05, 3.63) is 0 Å². The van der Waals surface area contributed by atoms with Gasteiger partial charge in [-0.2, -0.15) is 0 Å². The van der Waals surface area contributed by atoms with E-state index in [2.05, 4.69) is 52.2 Å². The Hall–Kier alpha value is -3.19. The molecule has 1 fully saturated rings. The normalized spacial score (nSPS) is 17.3. The molecule has 2 amide bonds. The molecule has 112 heavy (non-hydrogen) atoms. The van der Waals surface area contributed by atoms with Gasteiger partial charge in [-0.25, -0.2) is 0 Å². The lowest BCUT2D eigenvalue weighted by atomic mass is 9.95. The highest BCUT2D eigenvalue weighted by atomic mass is 31.2. The molecule has 0 aromatic rings. The summed E-state index contributed by atoms with van der Waals surface area (Å²) in [5, 5.41) is 25.7. The average molecular weight is 1610 g/mol. The maximum atomic E-state index is 14.9. The van der Waals surface area contributed by atoms with Gasteiger partial charge in [-0.3, -0.25) is 33.3 Å². The van der Waals surface area contributed by atoms with E-state index in [1.165, 1.54) is 180 Å². The van der Waals surface area contributed by atoms with Crippen LogP contribution in [-0.4, -0.2) is 124 Å². The van der Waals surface area contributed by atoms with Crippen LogP contribution in [0, 0.1) is 0 Å². The molecule has 0 bridgehead atoms. The van der Waals surface area contributed by atoms with Gasteiger partial charge in [-0.15, -0.1) is 0 Å². The minimum atomic E-state index is -5.95. The molecule has 0 unspecified atom stereocenters. The average Bonchev–Trinajstić information content (AvgIpc) is 0.732. The van der Waals surface area contributed by atoms with Gasteiger partial charge in [-0.1, -0.05) is 388 Å². The van der Waals surface area contributed by atoms with E-state index in [1.54, 1.807) is 0 Å². The van der Waals surface area contributed by atoms with Gasteiger partial charge in [0, 0.05) is 25.8 Å². The third-order valence-corrected chi connectivity index (χ3v) is 24.2. The van der Waals surface area contributed by atoms with Gasteiger partial charge in [0.1, 0.15) is 30.5 Å². The molecule has 1 rings (SSSR count). The van der Waals surface area contributed by atoms with Gasteiger partial charge < -0.3 is 59.1 Å². The van der Waals surface area contributed by atoms with Gasteiger partial charge >= 0.3 is 31.5 Å². The molecule has 1 aliphatic heterocycles. The molecule has 8 atom stereocenters. The van der Waals surface area contributed by atoms with Crippen LogP contribution in [0.2, 0.25) is 0 Å². The molecule has 0 aliphatic carbocycles. The lowest BCUT2D eigenvalue weighted by Gasteiger charge is -2.50. The number of amides is 2. The molecule has 19 nitrogen and oxygen atoms in total. The van der Waals surface area contributed by atoms with E-state index in [-0.39, 0.29) is 51.2 Å². The Bertz CT molecular complexity index is 2280. The molecule has 0 radical (unpaired) electrons. The topological polar surface area (TPSA) is 280 Å². The lowest BCUT2D eigenvalue weighted by Crippen LogP contribution is -2.71. The fourth-order valence-electron chi connectivity index (χ4n) is 15.6. The zero-order valence-electron chi connectivity index (χ0n) is 73.0. The van der Waals surface area contributed by atoms with E-state index < -0.39 is 105 Å². The molecule has 20 heteroatoms. The fraction of sp³-hybridized carbons (Fsp3) is 0.935. The maximum absolute atomic E-state index is 14.9. The number of aliphatic hydroxyl groups is 2. The number of esters is 4. The second-order valence-corrected chi connectivity index (χ2v) is 35.2. The van der Waals surface area contributed by atoms with Gasteiger partial charge in [-0.05, 0) is 57.8 Å². The van der Waals surface area contributed by atoms with Crippen molar-refractivity contribution in [3.63, 3.8) is 0 Å². The van der Waals surface area contributed by atoms with Gasteiger partial charge in [0.2, 0.25) is 17.2 Å². The number of hydrogen-bond acceptors (Lipinski definition) is 15. The number of carbonyl (C=O) groups excluding carboxylic acids is 6. The van der Waals surface area contributed by atoms with Crippen LogP contribution in [0.25, 0.3) is 0 Å². The van der Waals surface area contributed by atoms with Crippen molar-refractivity contribution in [1.29, 1.82) is 0 Å². The molecule has 1 saturated heterocycles. The predicted octanol–water partition coefficient (Wildman–Crippen LogP) is 23.9. The van der Waals surface area contributed by atoms with E-state index >= 15 is 0 Å². The first-order chi connectivity index (χ1) is 54.4. The standard InChI is InChI=1S/C92H175N2O17P/c1-7-13-19-25-31-37-40-46-52-58-64-70-85(98)107-79(67-61-55-49-43-34-28-22-16-10-4)75-83(96)93-73-74-106-91-89(94-84(97)76-80(68-62-56-50-44-35-29-23-17-11-5)108-86(99)71-65-59-53-47-41-38-32-26-20-14-8-2)90(92(102,112(103,104)105)82(78-95)110-91)111-88(101)77-81(69-63-57-51-45-36-30-24-18-12-6)109-87(100)72-66-60-54-48-42-39-33-27-21-15-9-3/h79-82,89-91,95,102H,7-78H2,1-6H3,(H,93,96)(H,94,97)(H2,103,104,105)/t79-,80-,81-,82-,89+,90-,91+,92+/m1/s1. The Morgan fingerprint density at radius 1 is 0.366 bits per heavy atom. The molecule has 6 N–H and O–H groups in total. The van der Waals surface area contributed by atoms with Gasteiger partial charge in [0.15, 0.2) is 12.4 Å². The van der Waals surface area contributed by atoms with E-state index in [1.807, 2.05) is 0 Å². The number of nitrogens with one attached hydrogen (secondary N) is 2. The number of unbranched alkanes of at least 4 members (excludes halogenated alkanes) is 54. The Kier molecular flexibility index (Phi) is 71.8. The highest BCUT2D eigenvalue weighted by Gasteiger charge is 2.67. The molecule has 1 heterocycles. The molecule has 0 spiro atoms. The number of ether oxygens (including phenoxy) is 6. The van der Waals surface area contributed by atoms with E-state index in [9.17, 15) is 53.3 Å². The second-order valence-electron chi connectivity index (χ2n) is 33.4. The first-order valence-electron chi connectivity index (χ1n) is 47.4. The zero-order chi connectivity index (χ0) is 82.1. The van der Waals surface area contributed by atoms with E-state index in [4.69, 9.17) is 28.4 Å². The van der Waals surface area contributed by atoms with Gasteiger partial charge in [0.25, 0.3) is 0 Å². The van der Waals surface area contributed by atoms with Crippen molar-refractivity contribution < 1.29 is 81.8 Å². The summed E-state index contributed by atoms with van der Waals surface area (Å²) in [7, 11) is -5.95. The number of aliphatic hydroxyl groups excluding tert-OH is 1. The zero-order valence-corrected chi connectivity index (χ0v) is 73.9. The van der Waals surface area contributed by atoms with Crippen LogP contribution in [0.5, 0.6) is 0 Å². The first-order valence-corrected chi connectivity index (χ1v) is 49.0. The molecule has 0 aromatic heterocycles. The van der Waals surface area contributed by atoms with Crippen LogP contribution >= 0.6 is 7.60 Å². The lowest BCUT2D eigenvalue weighted by molar-refractivity contribution is -0.288. The van der Waals surface area contributed by atoms with Gasteiger partial charge in [0.05, 0.1) is 32.5 Å². The highest BCUT2D eigenvalue weighted by molar-refractivity contribution is 7.53. The highest BCUT2D eigenvalue weighted by Crippen LogP contribution is 2.57. The van der Waals surface area contributed by atoms with Crippen LogP contribution < -0.4 is 10.6 Å². The summed E-state index contributed by atoms with van der Waals surface area (Å²) in [6.45, 7) is 11.5. The molecule has 0 aromatic carbocycles. The van der Waals surface area contributed by atoms with Crippen molar-refractivity contribution in [1.82, 2.24) is 10.6 Å². The summed E-state index contributed by atoms with van der Waals surface area (Å²) in [4.78, 5) is 107. The molecule has 1 aliphatic rings. The monoisotopic (exact) mass is 1610 g/mol. The summed E-state index contributed by atoms with van der Waals surface area (Å²) >= 11 is 0. The minimum Gasteiger partial charge on any atom is -0.462 e. The summed E-state index contributed by atoms with van der Waals surface area (Å²) in [5.74, 6) is -3.62. The van der Waals surface area contributed by atoms with E-state index in [0.29, 0.717) is 44.9 Å². The summed E-state index contributed by atoms with van der Waals surface area (Å²) < 4.78 is 50.7. The predicted molar refractivity (Wildman–Crippen MR) is 456 cm³/mol. The first kappa shape index (κ1) is 107. The smallest absolute Gasteiger partial charge is 0.363 e. The number of carbonyl (C=O) groups is 6. The van der Waals surface area contributed by atoms with Crippen LogP contribution in [0.4, 0.5) is 0 Å². The fourth-order valence-corrected chi connectivity index (χ4v) is 16.6. The quantitative estimate of drug-likeness (QED) is 0.0143. The summed E-state index contributed by atoms with van der Waals surface area (Å²) in [6, 6.07) is -1.90. The Morgan fingerprint density at radius 3 is 0.902 bits per heavy atom. The third-order valence-electron chi connectivity index (χ3n) is 22.7. The largest absolute Gasteiger partial charge is 0.462 e. The van der Waals surface area contributed by atoms with Crippen molar-refractivity contribution in [2.24, 2.45) is 0 Å². The molecular formula is C92H175N2O17P. The molecular weight excluding hydrogens is 1440 g/mol. The number of hydrogen-bond donors (Lipinski definition) is 6. The Labute approximate surface area is 684 Å². The third kappa shape index (κ3) is 58.6.